The van der Waals surface area contributed by atoms with Gasteiger partial charge in [-0.25, -0.2) is 8.42 Å². The number of hydrogen-bond donors (Lipinski definition) is 1. The van der Waals surface area contributed by atoms with E-state index in [4.69, 9.17) is 0 Å². The Bertz CT molecular complexity index is 1650. The van der Waals surface area contributed by atoms with E-state index < -0.39 is 28.5 Å². The van der Waals surface area contributed by atoms with E-state index in [0.29, 0.717) is 5.69 Å². The number of rotatable bonds is 13. The van der Waals surface area contributed by atoms with Crippen molar-refractivity contribution in [1.82, 2.24) is 10.2 Å². The number of carbonyl (C=O) groups excluding carboxylic acids is 2. The molecule has 0 aliphatic carbocycles. The third-order valence-electron chi connectivity index (χ3n) is 7.44. The first-order valence-electron chi connectivity index (χ1n) is 14.6. The Morgan fingerprint density at radius 2 is 1.48 bits per heavy atom. The summed E-state index contributed by atoms with van der Waals surface area (Å²) in [6.45, 7) is 5.40. The molecule has 2 atom stereocenters. The number of hydrogen-bond acceptors (Lipinski definition) is 4. The van der Waals surface area contributed by atoms with E-state index in [-0.39, 0.29) is 29.8 Å². The van der Waals surface area contributed by atoms with Crippen molar-refractivity contribution in [3.8, 4) is 0 Å². The van der Waals surface area contributed by atoms with Gasteiger partial charge in [0.05, 0.1) is 10.6 Å². The molecule has 0 spiro atoms. The van der Waals surface area contributed by atoms with E-state index in [9.17, 15) is 18.0 Å². The molecule has 230 valence electrons. The number of sulfonamides is 1. The normalized spacial score (nSPS) is 12.6. The van der Waals surface area contributed by atoms with E-state index in [2.05, 4.69) is 21.2 Å². The molecular weight excluding hydrogens is 638 g/mol. The van der Waals surface area contributed by atoms with Gasteiger partial charge in [0.1, 0.15) is 12.6 Å². The summed E-state index contributed by atoms with van der Waals surface area (Å²) in [5, 5.41) is 3.06. The molecule has 0 heterocycles. The molecule has 0 saturated heterocycles. The molecule has 0 bridgehead atoms. The molecule has 0 aromatic heterocycles. The average molecular weight is 677 g/mol. The van der Waals surface area contributed by atoms with Gasteiger partial charge in [-0.1, -0.05) is 95.7 Å². The van der Waals surface area contributed by atoms with E-state index in [1.807, 2.05) is 81.4 Å². The fourth-order valence-electron chi connectivity index (χ4n) is 4.81. The number of nitrogens with zero attached hydrogens (tertiary/aromatic N) is 2. The summed E-state index contributed by atoms with van der Waals surface area (Å²) in [4.78, 5) is 29.9. The van der Waals surface area contributed by atoms with Crippen LogP contribution in [0.15, 0.2) is 119 Å². The molecule has 0 aliphatic heterocycles. The molecule has 1 N–H and O–H groups in total. The molecule has 7 nitrogen and oxygen atoms in total. The summed E-state index contributed by atoms with van der Waals surface area (Å²) in [7, 11) is -4.13. The molecule has 4 aromatic carbocycles. The van der Waals surface area contributed by atoms with Gasteiger partial charge in [-0.2, -0.15) is 0 Å². The van der Waals surface area contributed by atoms with Crippen molar-refractivity contribution in [2.24, 2.45) is 0 Å². The van der Waals surface area contributed by atoms with Gasteiger partial charge < -0.3 is 10.2 Å². The van der Waals surface area contributed by atoms with E-state index in [1.54, 1.807) is 36.4 Å². The minimum Gasteiger partial charge on any atom is -0.352 e. The van der Waals surface area contributed by atoms with E-state index in [0.717, 1.165) is 31.9 Å². The van der Waals surface area contributed by atoms with Crippen molar-refractivity contribution in [1.29, 1.82) is 0 Å². The van der Waals surface area contributed by atoms with Crippen LogP contribution in [0.25, 0.3) is 0 Å². The highest BCUT2D eigenvalue weighted by Gasteiger charge is 2.35. The smallest absolute Gasteiger partial charge is 0.264 e. The van der Waals surface area contributed by atoms with Crippen LogP contribution in [0.1, 0.15) is 37.0 Å². The third-order valence-corrected chi connectivity index (χ3v) is 9.75. The molecule has 0 fully saturated rings. The second kappa shape index (κ2) is 15.2. The number of benzene rings is 4. The molecule has 4 aromatic rings. The fourth-order valence-corrected chi connectivity index (χ4v) is 6.50. The lowest BCUT2D eigenvalue weighted by Crippen LogP contribution is -2.54. The van der Waals surface area contributed by atoms with Crippen molar-refractivity contribution in [2.75, 3.05) is 10.8 Å². The molecule has 0 unspecified atom stereocenters. The number of anilines is 1. The van der Waals surface area contributed by atoms with Crippen molar-refractivity contribution in [3.63, 3.8) is 0 Å². The predicted molar refractivity (Wildman–Crippen MR) is 179 cm³/mol. The number of carbonyl (C=O) groups is 2. The summed E-state index contributed by atoms with van der Waals surface area (Å²) in [5.74, 6) is -0.782. The summed E-state index contributed by atoms with van der Waals surface area (Å²) in [5.41, 5.74) is 2.92. The van der Waals surface area contributed by atoms with Crippen molar-refractivity contribution in [2.45, 2.75) is 57.1 Å². The lowest BCUT2D eigenvalue weighted by molar-refractivity contribution is -0.140. The van der Waals surface area contributed by atoms with E-state index in [1.165, 1.54) is 17.0 Å². The Balaban J connectivity index is 1.80. The minimum absolute atomic E-state index is 0.0733. The van der Waals surface area contributed by atoms with Gasteiger partial charge >= 0.3 is 0 Å². The van der Waals surface area contributed by atoms with Crippen LogP contribution in [0.3, 0.4) is 0 Å². The largest absolute Gasteiger partial charge is 0.352 e. The second-order valence-corrected chi connectivity index (χ2v) is 13.6. The number of halogens is 1. The molecular formula is C35H38BrN3O4S. The van der Waals surface area contributed by atoms with Gasteiger partial charge in [-0.3, -0.25) is 13.9 Å². The Morgan fingerprint density at radius 1 is 0.841 bits per heavy atom. The van der Waals surface area contributed by atoms with Gasteiger partial charge in [-0.05, 0) is 73.4 Å². The highest BCUT2D eigenvalue weighted by molar-refractivity contribution is 9.10. The van der Waals surface area contributed by atoms with Crippen LogP contribution >= 0.6 is 15.9 Å². The number of aryl methyl sites for hydroxylation is 1. The van der Waals surface area contributed by atoms with Crippen molar-refractivity contribution < 1.29 is 18.0 Å². The van der Waals surface area contributed by atoms with Gasteiger partial charge in [-0.15, -0.1) is 0 Å². The molecule has 4 rings (SSSR count). The van der Waals surface area contributed by atoms with Crippen molar-refractivity contribution in [3.05, 3.63) is 130 Å². The Kier molecular flexibility index (Phi) is 11.4. The van der Waals surface area contributed by atoms with Crippen LogP contribution in [-0.4, -0.2) is 43.8 Å². The van der Waals surface area contributed by atoms with Gasteiger partial charge in [0.15, 0.2) is 0 Å². The monoisotopic (exact) mass is 675 g/mol. The van der Waals surface area contributed by atoms with Crippen LogP contribution in [0.5, 0.6) is 0 Å². The Morgan fingerprint density at radius 3 is 2.09 bits per heavy atom. The first-order valence-corrected chi connectivity index (χ1v) is 16.8. The average Bonchev–Trinajstić information content (AvgIpc) is 3.03. The highest BCUT2D eigenvalue weighted by atomic mass is 79.9. The Labute approximate surface area is 269 Å². The van der Waals surface area contributed by atoms with Crippen LogP contribution in [0.2, 0.25) is 0 Å². The lowest BCUT2D eigenvalue weighted by atomic mass is 10.0. The molecule has 0 saturated carbocycles. The Hall–Kier alpha value is -3.95. The first kappa shape index (κ1) is 33.0. The molecule has 0 aliphatic rings. The first-order chi connectivity index (χ1) is 21.1. The van der Waals surface area contributed by atoms with Crippen LogP contribution in [0.4, 0.5) is 5.69 Å². The summed E-state index contributed by atoms with van der Waals surface area (Å²) >= 11 is 3.46. The number of amides is 2. The maximum Gasteiger partial charge on any atom is 0.264 e. The third kappa shape index (κ3) is 8.57. The maximum absolute atomic E-state index is 14.5. The topological polar surface area (TPSA) is 86.8 Å². The highest BCUT2D eigenvalue weighted by Crippen LogP contribution is 2.26. The summed E-state index contributed by atoms with van der Waals surface area (Å²) in [6, 6.07) is 31.2. The lowest BCUT2D eigenvalue weighted by Gasteiger charge is -2.34. The molecule has 44 heavy (non-hydrogen) atoms. The maximum atomic E-state index is 14.5. The molecule has 0 radical (unpaired) electrons. The van der Waals surface area contributed by atoms with Crippen LogP contribution in [-0.2, 0) is 32.6 Å². The van der Waals surface area contributed by atoms with Gasteiger partial charge in [0, 0.05) is 23.5 Å². The van der Waals surface area contributed by atoms with Crippen LogP contribution in [0, 0.1) is 6.92 Å². The van der Waals surface area contributed by atoms with E-state index >= 15 is 0 Å². The fraction of sp³-hybridized carbons (Fsp3) is 0.257. The van der Waals surface area contributed by atoms with Crippen molar-refractivity contribution >= 4 is 43.5 Å². The zero-order valence-corrected chi connectivity index (χ0v) is 27.6. The predicted octanol–water partition coefficient (Wildman–Crippen LogP) is 6.51. The summed E-state index contributed by atoms with van der Waals surface area (Å²) in [6.07, 6.45) is 0.988. The second-order valence-electron chi connectivity index (χ2n) is 10.8. The zero-order valence-electron chi connectivity index (χ0n) is 25.2. The number of nitrogens with one attached hydrogen (secondary N) is 1. The standard InChI is InChI=1S/C35H38BrN3O4S/c1-4-27(3)37-35(41)33(23-28-13-7-5-8-14-28)38(24-29-18-20-30(36)21-19-29)34(40)25-39(31-15-11-12-26(2)22-31)44(42,43)32-16-9-6-10-17-32/h5-22,27,33H,4,23-25H2,1-3H3,(H,37,41)/t27-,33+/m0/s1. The summed E-state index contributed by atoms with van der Waals surface area (Å²) < 4.78 is 30.1. The molecule has 9 heteroatoms. The quantitative estimate of drug-likeness (QED) is 0.175. The minimum atomic E-state index is -4.13. The van der Waals surface area contributed by atoms with Crippen LogP contribution < -0.4 is 9.62 Å². The zero-order chi connectivity index (χ0) is 31.7. The molecule has 2 amide bonds. The SMILES string of the molecule is CC[C@H](C)NC(=O)[C@@H](Cc1ccccc1)N(Cc1ccc(Br)cc1)C(=O)CN(c1cccc(C)c1)S(=O)(=O)c1ccccc1. The van der Waals surface area contributed by atoms with Gasteiger partial charge in [0.2, 0.25) is 11.8 Å². The van der Waals surface area contributed by atoms with Gasteiger partial charge in [0.25, 0.3) is 10.0 Å².